The van der Waals surface area contributed by atoms with Crippen molar-refractivity contribution in [2.45, 2.75) is 43.7 Å². The standard InChI is InChI=1S/C32H37ClN6O2/c1-36-17-13-26(14-18-36)37(2)32(41)24-7-5-22(6-8-24)20-30-34-31-28(4-3-16-39(31)35-30)38-19-15-29(40)27(21-38)23-9-11-25(33)12-10-23/h3-12,16,26-27,29,40H,13-15,17-21H2,1-2H3. The monoisotopic (exact) mass is 572 g/mol. The van der Waals surface area contributed by atoms with E-state index >= 15 is 0 Å². The van der Waals surface area contributed by atoms with Crippen molar-refractivity contribution in [1.82, 2.24) is 24.4 Å². The summed E-state index contributed by atoms with van der Waals surface area (Å²) in [5.41, 5.74) is 4.67. The highest BCUT2D eigenvalue weighted by Gasteiger charge is 2.30. The molecule has 2 aromatic carbocycles. The van der Waals surface area contributed by atoms with Crippen LogP contribution in [-0.4, -0.2) is 87.8 Å². The average molecular weight is 573 g/mol. The van der Waals surface area contributed by atoms with Gasteiger partial charge in [-0.3, -0.25) is 4.79 Å². The fourth-order valence-corrected chi connectivity index (χ4v) is 6.28. The highest BCUT2D eigenvalue weighted by atomic mass is 35.5. The number of hydrogen-bond donors (Lipinski definition) is 1. The number of pyridine rings is 1. The number of benzene rings is 2. The number of aromatic nitrogens is 3. The summed E-state index contributed by atoms with van der Waals surface area (Å²) in [6.45, 7) is 3.48. The summed E-state index contributed by atoms with van der Waals surface area (Å²) in [5.74, 6) is 0.791. The molecule has 2 aromatic heterocycles. The number of aliphatic hydroxyl groups is 1. The lowest BCUT2D eigenvalue weighted by Gasteiger charge is -2.37. The van der Waals surface area contributed by atoms with Crippen LogP contribution in [0.2, 0.25) is 5.02 Å². The summed E-state index contributed by atoms with van der Waals surface area (Å²) in [5, 5.41) is 16.2. The Balaban J connectivity index is 1.16. The highest BCUT2D eigenvalue weighted by molar-refractivity contribution is 6.30. The molecule has 1 N–H and O–H groups in total. The van der Waals surface area contributed by atoms with E-state index in [1.807, 2.05) is 77.3 Å². The van der Waals surface area contributed by atoms with Crippen molar-refractivity contribution in [3.8, 4) is 0 Å². The molecule has 0 saturated carbocycles. The number of amides is 1. The molecule has 4 heterocycles. The van der Waals surface area contributed by atoms with Crippen LogP contribution in [0.15, 0.2) is 66.9 Å². The molecule has 2 aliphatic heterocycles. The number of aliphatic hydroxyl groups excluding tert-OH is 1. The molecule has 2 atom stereocenters. The first-order valence-corrected chi connectivity index (χ1v) is 14.8. The molecule has 0 aliphatic carbocycles. The predicted molar refractivity (Wildman–Crippen MR) is 162 cm³/mol. The molecule has 0 bridgehead atoms. The Hall–Kier alpha value is -3.46. The van der Waals surface area contributed by atoms with E-state index in [0.29, 0.717) is 36.0 Å². The van der Waals surface area contributed by atoms with E-state index < -0.39 is 6.10 Å². The average Bonchev–Trinajstić information content (AvgIpc) is 3.41. The number of halogens is 1. The number of nitrogens with zero attached hydrogens (tertiary/aromatic N) is 6. The third-order valence-electron chi connectivity index (χ3n) is 8.72. The van der Waals surface area contributed by atoms with Gasteiger partial charge in [-0.15, -0.1) is 0 Å². The van der Waals surface area contributed by atoms with Gasteiger partial charge in [0.05, 0.1) is 11.8 Å². The molecule has 1 amide bonds. The second kappa shape index (κ2) is 11.8. The SMILES string of the molecule is CN1CCC(N(C)C(=O)c2ccc(Cc3nc4c(N5CCC(O)C(c6ccc(Cl)cc6)C5)cccn4n3)cc2)CC1. The van der Waals surface area contributed by atoms with Crippen molar-refractivity contribution >= 4 is 28.8 Å². The zero-order chi connectivity index (χ0) is 28.5. The van der Waals surface area contributed by atoms with Gasteiger partial charge in [0.15, 0.2) is 11.5 Å². The Morgan fingerprint density at radius 2 is 1.76 bits per heavy atom. The van der Waals surface area contributed by atoms with Gasteiger partial charge in [0.25, 0.3) is 5.91 Å². The number of piperidine rings is 2. The zero-order valence-corrected chi connectivity index (χ0v) is 24.4. The fraction of sp³-hybridized carbons (Fsp3) is 0.406. The number of anilines is 1. The molecular formula is C32H37ClN6O2. The van der Waals surface area contributed by atoms with Crippen molar-refractivity contribution in [3.05, 3.63) is 94.4 Å². The van der Waals surface area contributed by atoms with Crippen LogP contribution >= 0.6 is 11.6 Å². The third kappa shape index (κ3) is 5.96. The van der Waals surface area contributed by atoms with Crippen LogP contribution in [0.5, 0.6) is 0 Å². The molecule has 0 radical (unpaired) electrons. The highest BCUT2D eigenvalue weighted by Crippen LogP contribution is 2.32. The van der Waals surface area contributed by atoms with Gasteiger partial charge in [-0.2, -0.15) is 5.10 Å². The van der Waals surface area contributed by atoms with E-state index in [4.69, 9.17) is 21.7 Å². The van der Waals surface area contributed by atoms with Gasteiger partial charge in [0.2, 0.25) is 0 Å². The maximum Gasteiger partial charge on any atom is 0.253 e. The lowest BCUT2D eigenvalue weighted by molar-refractivity contribution is 0.0659. The van der Waals surface area contributed by atoms with Gasteiger partial charge in [-0.1, -0.05) is 35.9 Å². The smallest absolute Gasteiger partial charge is 0.253 e. The summed E-state index contributed by atoms with van der Waals surface area (Å²) in [4.78, 5) is 24.5. The lowest BCUT2D eigenvalue weighted by atomic mass is 9.88. The maximum absolute atomic E-state index is 13.1. The summed E-state index contributed by atoms with van der Waals surface area (Å²) in [6.07, 6.45) is 4.79. The van der Waals surface area contributed by atoms with E-state index in [1.165, 1.54) is 0 Å². The Bertz CT molecular complexity index is 1500. The molecule has 9 heteroatoms. The first-order valence-electron chi connectivity index (χ1n) is 14.4. The third-order valence-corrected chi connectivity index (χ3v) is 8.97. The number of fused-ring (bicyclic) bond motifs is 1. The Kier molecular flexibility index (Phi) is 7.97. The van der Waals surface area contributed by atoms with Gasteiger partial charge < -0.3 is 19.8 Å². The van der Waals surface area contributed by atoms with Crippen LogP contribution in [0.1, 0.15) is 52.5 Å². The largest absolute Gasteiger partial charge is 0.392 e. The van der Waals surface area contributed by atoms with Crippen molar-refractivity contribution in [2.24, 2.45) is 0 Å². The quantitative estimate of drug-likeness (QED) is 0.367. The second-order valence-corrected chi connectivity index (χ2v) is 11.9. The number of carbonyl (C=O) groups excluding carboxylic acids is 1. The normalized spacial score (nSPS) is 20.4. The number of likely N-dealkylation sites (tertiary alicyclic amines) is 1. The molecule has 2 saturated heterocycles. The van der Waals surface area contributed by atoms with Crippen molar-refractivity contribution < 1.29 is 9.90 Å². The predicted octanol–water partition coefficient (Wildman–Crippen LogP) is 4.49. The van der Waals surface area contributed by atoms with Crippen LogP contribution in [0.3, 0.4) is 0 Å². The molecule has 2 fully saturated rings. The van der Waals surface area contributed by atoms with Gasteiger partial charge in [-0.25, -0.2) is 9.50 Å². The molecule has 4 aromatic rings. The number of hydrogen-bond acceptors (Lipinski definition) is 6. The molecule has 2 unspecified atom stereocenters. The van der Waals surface area contributed by atoms with Gasteiger partial charge in [0.1, 0.15) is 0 Å². The van der Waals surface area contributed by atoms with Crippen LogP contribution in [0.4, 0.5) is 5.69 Å². The molecule has 41 heavy (non-hydrogen) atoms. The first kappa shape index (κ1) is 27.7. The second-order valence-electron chi connectivity index (χ2n) is 11.5. The summed E-state index contributed by atoms with van der Waals surface area (Å²) >= 11 is 6.10. The van der Waals surface area contributed by atoms with Crippen molar-refractivity contribution in [1.29, 1.82) is 0 Å². The van der Waals surface area contributed by atoms with Crippen molar-refractivity contribution in [2.75, 3.05) is 45.2 Å². The number of rotatable bonds is 6. The van der Waals surface area contributed by atoms with E-state index in [0.717, 1.165) is 60.8 Å². The van der Waals surface area contributed by atoms with Crippen LogP contribution < -0.4 is 4.90 Å². The maximum atomic E-state index is 13.1. The van der Waals surface area contributed by atoms with Gasteiger partial charge in [0, 0.05) is 55.3 Å². The minimum atomic E-state index is -0.403. The summed E-state index contributed by atoms with van der Waals surface area (Å²) in [6, 6.07) is 20.0. The fourth-order valence-electron chi connectivity index (χ4n) is 6.15. The summed E-state index contributed by atoms with van der Waals surface area (Å²) < 4.78 is 1.83. The van der Waals surface area contributed by atoms with E-state index in [9.17, 15) is 9.90 Å². The Morgan fingerprint density at radius 1 is 1.02 bits per heavy atom. The Labute approximate surface area is 246 Å². The zero-order valence-electron chi connectivity index (χ0n) is 23.7. The van der Waals surface area contributed by atoms with Crippen molar-refractivity contribution in [3.63, 3.8) is 0 Å². The van der Waals surface area contributed by atoms with Crippen LogP contribution in [0, 0.1) is 0 Å². The molecular weight excluding hydrogens is 536 g/mol. The van der Waals surface area contributed by atoms with Gasteiger partial charge in [-0.05, 0) is 86.9 Å². The van der Waals surface area contributed by atoms with Crippen LogP contribution in [0.25, 0.3) is 5.65 Å². The van der Waals surface area contributed by atoms with Gasteiger partial charge >= 0.3 is 0 Å². The molecule has 214 valence electrons. The number of carbonyl (C=O) groups is 1. The summed E-state index contributed by atoms with van der Waals surface area (Å²) in [7, 11) is 4.05. The molecule has 6 rings (SSSR count). The van der Waals surface area contributed by atoms with E-state index in [1.54, 1.807) is 0 Å². The van der Waals surface area contributed by atoms with E-state index in [2.05, 4.69) is 22.9 Å². The Morgan fingerprint density at radius 3 is 2.49 bits per heavy atom. The minimum absolute atomic E-state index is 0.0108. The lowest BCUT2D eigenvalue weighted by Crippen LogP contribution is -2.44. The topological polar surface area (TPSA) is 77.2 Å². The first-order chi connectivity index (χ1) is 19.9. The minimum Gasteiger partial charge on any atom is -0.392 e. The van der Waals surface area contributed by atoms with E-state index in [-0.39, 0.29) is 11.8 Å². The van der Waals surface area contributed by atoms with Crippen LogP contribution in [-0.2, 0) is 6.42 Å². The molecule has 8 nitrogen and oxygen atoms in total. The molecule has 2 aliphatic rings. The molecule has 0 spiro atoms.